The second-order valence-electron chi connectivity index (χ2n) is 5.58. The van der Waals surface area contributed by atoms with Crippen molar-refractivity contribution in [1.82, 2.24) is 0 Å². The van der Waals surface area contributed by atoms with Gasteiger partial charge in [-0.1, -0.05) is 61.9 Å². The molecule has 2 heteroatoms. The lowest BCUT2D eigenvalue weighted by atomic mass is 9.77. The predicted molar refractivity (Wildman–Crippen MR) is 81.1 cm³/mol. The predicted octanol–water partition coefficient (Wildman–Crippen LogP) is 4.25. The van der Waals surface area contributed by atoms with E-state index in [9.17, 15) is 4.79 Å². The van der Waals surface area contributed by atoms with E-state index < -0.39 is 0 Å². The van der Waals surface area contributed by atoms with Crippen molar-refractivity contribution in [1.29, 1.82) is 0 Å². The van der Waals surface area contributed by atoms with Crippen molar-refractivity contribution in [3.63, 3.8) is 0 Å². The Morgan fingerprint density at radius 1 is 1.05 bits per heavy atom. The van der Waals surface area contributed by atoms with Gasteiger partial charge in [-0.3, -0.25) is 4.79 Å². The van der Waals surface area contributed by atoms with E-state index in [1.807, 2.05) is 37.3 Å². The number of aryl methyl sites for hydroxylation is 1. The lowest BCUT2D eigenvalue weighted by Crippen LogP contribution is -2.21. The molecule has 0 saturated carbocycles. The standard InChI is InChI=1S/C18H20O2/c1-13-10-11-17(20-14(2)19)16(12-13)18(3,4)15-8-6-5-7-9-15/h5-12H,1-4H3. The molecule has 0 unspecified atom stereocenters. The molecule has 104 valence electrons. The number of carbonyl (C=O) groups excluding carboxylic acids is 1. The van der Waals surface area contributed by atoms with Crippen molar-refractivity contribution in [2.24, 2.45) is 0 Å². The maximum Gasteiger partial charge on any atom is 0.308 e. The van der Waals surface area contributed by atoms with Crippen molar-refractivity contribution >= 4 is 5.97 Å². The zero-order valence-electron chi connectivity index (χ0n) is 12.4. The fourth-order valence-electron chi connectivity index (χ4n) is 2.39. The molecule has 2 rings (SSSR count). The molecule has 0 fully saturated rings. The van der Waals surface area contributed by atoms with Crippen LogP contribution in [0.1, 0.15) is 37.5 Å². The second kappa shape index (κ2) is 5.49. The van der Waals surface area contributed by atoms with Crippen LogP contribution in [-0.4, -0.2) is 5.97 Å². The fourth-order valence-corrected chi connectivity index (χ4v) is 2.39. The Balaban J connectivity index is 2.55. The highest BCUT2D eigenvalue weighted by atomic mass is 16.5. The first-order chi connectivity index (χ1) is 9.41. The van der Waals surface area contributed by atoms with Gasteiger partial charge in [-0.05, 0) is 18.6 Å². The van der Waals surface area contributed by atoms with Crippen LogP contribution in [0.15, 0.2) is 48.5 Å². The van der Waals surface area contributed by atoms with Gasteiger partial charge in [-0.25, -0.2) is 0 Å². The zero-order valence-corrected chi connectivity index (χ0v) is 12.4. The molecule has 0 spiro atoms. The van der Waals surface area contributed by atoms with Crippen LogP contribution in [0.4, 0.5) is 0 Å². The monoisotopic (exact) mass is 268 g/mol. The minimum atomic E-state index is -0.293. The molecule has 0 amide bonds. The number of rotatable bonds is 3. The SMILES string of the molecule is CC(=O)Oc1ccc(C)cc1C(C)(C)c1ccccc1. The van der Waals surface area contributed by atoms with E-state index in [0.29, 0.717) is 5.75 Å². The minimum absolute atomic E-state index is 0.224. The Kier molecular flexibility index (Phi) is 3.93. The third-order valence-electron chi connectivity index (χ3n) is 3.56. The number of esters is 1. The number of hydrogen-bond acceptors (Lipinski definition) is 2. The molecule has 2 nitrogen and oxygen atoms in total. The highest BCUT2D eigenvalue weighted by Crippen LogP contribution is 2.37. The molecule has 2 aromatic rings. The quantitative estimate of drug-likeness (QED) is 0.614. The van der Waals surface area contributed by atoms with Gasteiger partial charge in [0.05, 0.1) is 0 Å². The van der Waals surface area contributed by atoms with Crippen LogP contribution in [-0.2, 0) is 10.2 Å². The van der Waals surface area contributed by atoms with Crippen LogP contribution >= 0.6 is 0 Å². The average Bonchev–Trinajstić information content (AvgIpc) is 2.41. The van der Waals surface area contributed by atoms with E-state index in [0.717, 1.165) is 11.1 Å². The summed E-state index contributed by atoms with van der Waals surface area (Å²) in [6.07, 6.45) is 0. The number of ether oxygens (including phenoxy) is 1. The summed E-state index contributed by atoms with van der Waals surface area (Å²) in [5.41, 5.74) is 3.15. The molecule has 0 N–H and O–H groups in total. The van der Waals surface area contributed by atoms with Gasteiger partial charge in [0.15, 0.2) is 0 Å². The molecule has 0 aliphatic heterocycles. The fraction of sp³-hybridized carbons (Fsp3) is 0.278. The smallest absolute Gasteiger partial charge is 0.308 e. The molecule has 2 aromatic carbocycles. The molecule has 20 heavy (non-hydrogen) atoms. The molecule has 0 aromatic heterocycles. The highest BCUT2D eigenvalue weighted by Gasteiger charge is 2.27. The van der Waals surface area contributed by atoms with Crippen LogP contribution in [0, 0.1) is 6.92 Å². The summed E-state index contributed by atoms with van der Waals surface area (Å²) < 4.78 is 5.37. The van der Waals surface area contributed by atoms with E-state index in [-0.39, 0.29) is 11.4 Å². The van der Waals surface area contributed by atoms with Gasteiger partial charge >= 0.3 is 5.97 Å². The largest absolute Gasteiger partial charge is 0.426 e. The Morgan fingerprint density at radius 3 is 2.30 bits per heavy atom. The highest BCUT2D eigenvalue weighted by molar-refractivity contribution is 5.70. The van der Waals surface area contributed by atoms with Gasteiger partial charge in [0.1, 0.15) is 5.75 Å². The van der Waals surface area contributed by atoms with Gasteiger partial charge in [0.25, 0.3) is 0 Å². The summed E-state index contributed by atoms with van der Waals surface area (Å²) in [5, 5.41) is 0. The molecule has 0 radical (unpaired) electrons. The summed E-state index contributed by atoms with van der Waals surface area (Å²) in [6.45, 7) is 7.76. The van der Waals surface area contributed by atoms with Crippen molar-refractivity contribution < 1.29 is 9.53 Å². The topological polar surface area (TPSA) is 26.3 Å². The summed E-state index contributed by atoms with van der Waals surface area (Å²) in [6, 6.07) is 16.2. The van der Waals surface area contributed by atoms with E-state index in [2.05, 4.69) is 32.0 Å². The van der Waals surface area contributed by atoms with Crippen molar-refractivity contribution in [2.45, 2.75) is 33.1 Å². The Morgan fingerprint density at radius 2 is 1.70 bits per heavy atom. The molecule has 0 bridgehead atoms. The number of hydrogen-bond donors (Lipinski definition) is 0. The normalized spacial score (nSPS) is 11.2. The van der Waals surface area contributed by atoms with Gasteiger partial charge < -0.3 is 4.74 Å². The molecular formula is C18H20O2. The molecule has 0 saturated heterocycles. The van der Waals surface area contributed by atoms with Gasteiger partial charge in [-0.2, -0.15) is 0 Å². The number of benzene rings is 2. The maximum atomic E-state index is 11.3. The summed E-state index contributed by atoms with van der Waals surface area (Å²) in [5.74, 6) is 0.343. The van der Waals surface area contributed by atoms with Crippen LogP contribution in [0.3, 0.4) is 0 Å². The first-order valence-electron chi connectivity index (χ1n) is 6.76. The zero-order chi connectivity index (χ0) is 14.8. The van der Waals surface area contributed by atoms with Gasteiger partial charge in [0.2, 0.25) is 0 Å². The van der Waals surface area contributed by atoms with Crippen molar-refractivity contribution in [3.8, 4) is 5.75 Å². The third-order valence-corrected chi connectivity index (χ3v) is 3.56. The first-order valence-corrected chi connectivity index (χ1v) is 6.76. The third kappa shape index (κ3) is 2.90. The second-order valence-corrected chi connectivity index (χ2v) is 5.58. The summed E-state index contributed by atoms with van der Waals surface area (Å²) in [4.78, 5) is 11.3. The molecule has 0 heterocycles. The van der Waals surface area contributed by atoms with Crippen LogP contribution in [0.25, 0.3) is 0 Å². The van der Waals surface area contributed by atoms with E-state index in [4.69, 9.17) is 4.74 Å². The number of carbonyl (C=O) groups is 1. The van der Waals surface area contributed by atoms with E-state index in [1.54, 1.807) is 0 Å². The van der Waals surface area contributed by atoms with Crippen LogP contribution in [0.2, 0.25) is 0 Å². The van der Waals surface area contributed by atoms with Crippen molar-refractivity contribution in [3.05, 3.63) is 65.2 Å². The molecule has 0 aliphatic carbocycles. The molecule has 0 aliphatic rings. The lowest BCUT2D eigenvalue weighted by molar-refractivity contribution is -0.131. The van der Waals surface area contributed by atoms with Crippen LogP contribution < -0.4 is 4.74 Å². The van der Waals surface area contributed by atoms with Gasteiger partial charge in [-0.15, -0.1) is 0 Å². The van der Waals surface area contributed by atoms with Crippen molar-refractivity contribution in [2.75, 3.05) is 0 Å². The Labute approximate surface area is 120 Å². The Hall–Kier alpha value is -2.09. The maximum absolute atomic E-state index is 11.3. The van der Waals surface area contributed by atoms with E-state index >= 15 is 0 Å². The van der Waals surface area contributed by atoms with Crippen LogP contribution in [0.5, 0.6) is 5.75 Å². The van der Waals surface area contributed by atoms with Gasteiger partial charge in [0, 0.05) is 17.9 Å². The summed E-state index contributed by atoms with van der Waals surface area (Å²) in [7, 11) is 0. The molecule has 0 atom stereocenters. The minimum Gasteiger partial charge on any atom is -0.426 e. The first kappa shape index (κ1) is 14.3. The molecular weight excluding hydrogens is 248 g/mol. The lowest BCUT2D eigenvalue weighted by Gasteiger charge is -2.28. The summed E-state index contributed by atoms with van der Waals surface area (Å²) >= 11 is 0. The van der Waals surface area contributed by atoms with E-state index in [1.165, 1.54) is 12.5 Å². The average molecular weight is 268 g/mol. The Bertz CT molecular complexity index is 613.